The van der Waals surface area contributed by atoms with Crippen LogP contribution in [0.5, 0.6) is 0 Å². The molecule has 1 N–H and O–H groups in total. The molecule has 0 aromatic heterocycles. The molecule has 2 aliphatic carbocycles. The van der Waals surface area contributed by atoms with Crippen molar-refractivity contribution in [2.45, 2.75) is 65.3 Å². The van der Waals surface area contributed by atoms with E-state index >= 15 is 0 Å². The largest absolute Gasteiger partial charge is 0.313 e. The van der Waals surface area contributed by atoms with Crippen LogP contribution in [-0.2, 0) is 0 Å². The standard InChI is InChI=1S/C14H27N/c1-4-11(2)9-14(3,12-5-6-12)10-15-13-7-8-13/h11-13,15H,4-10H2,1-3H3. The minimum atomic E-state index is 0.595. The van der Waals surface area contributed by atoms with Crippen LogP contribution >= 0.6 is 0 Å². The average molecular weight is 209 g/mol. The molecular weight excluding hydrogens is 182 g/mol. The van der Waals surface area contributed by atoms with Crippen LogP contribution in [0.4, 0.5) is 0 Å². The molecule has 0 heterocycles. The lowest BCUT2D eigenvalue weighted by atomic mass is 9.76. The van der Waals surface area contributed by atoms with Gasteiger partial charge >= 0.3 is 0 Å². The molecule has 0 aromatic rings. The van der Waals surface area contributed by atoms with Crippen LogP contribution in [0, 0.1) is 17.3 Å². The molecule has 0 amide bonds. The second-order valence-corrected chi connectivity index (χ2v) is 6.30. The maximum Gasteiger partial charge on any atom is 0.00684 e. The topological polar surface area (TPSA) is 12.0 Å². The van der Waals surface area contributed by atoms with Crippen LogP contribution in [0.3, 0.4) is 0 Å². The van der Waals surface area contributed by atoms with E-state index in [4.69, 9.17) is 0 Å². The molecule has 1 nitrogen and oxygen atoms in total. The fourth-order valence-corrected chi connectivity index (χ4v) is 2.77. The van der Waals surface area contributed by atoms with Gasteiger partial charge in [0.15, 0.2) is 0 Å². The lowest BCUT2D eigenvalue weighted by molar-refractivity contribution is 0.197. The van der Waals surface area contributed by atoms with Gasteiger partial charge in [-0.2, -0.15) is 0 Å². The minimum Gasteiger partial charge on any atom is -0.313 e. The van der Waals surface area contributed by atoms with Gasteiger partial charge in [-0.25, -0.2) is 0 Å². The number of hydrogen-bond donors (Lipinski definition) is 1. The van der Waals surface area contributed by atoms with E-state index in [2.05, 4.69) is 26.1 Å². The molecule has 0 saturated heterocycles. The number of nitrogens with one attached hydrogen (secondary N) is 1. The molecule has 2 rings (SSSR count). The van der Waals surface area contributed by atoms with Crippen LogP contribution in [0.25, 0.3) is 0 Å². The van der Waals surface area contributed by atoms with Gasteiger partial charge in [-0.05, 0) is 49.4 Å². The molecule has 0 aliphatic heterocycles. The minimum absolute atomic E-state index is 0.595. The zero-order valence-electron chi connectivity index (χ0n) is 10.7. The molecule has 2 saturated carbocycles. The first kappa shape index (κ1) is 11.4. The molecular formula is C14H27N. The van der Waals surface area contributed by atoms with Gasteiger partial charge in [-0.15, -0.1) is 0 Å². The van der Waals surface area contributed by atoms with E-state index in [0.29, 0.717) is 5.41 Å². The Morgan fingerprint density at radius 2 is 1.93 bits per heavy atom. The highest BCUT2D eigenvalue weighted by molar-refractivity contribution is 4.95. The molecule has 0 aromatic carbocycles. The summed E-state index contributed by atoms with van der Waals surface area (Å²) in [6.07, 6.45) is 8.58. The Bertz CT molecular complexity index is 205. The lowest BCUT2D eigenvalue weighted by Gasteiger charge is -2.33. The van der Waals surface area contributed by atoms with Crippen molar-refractivity contribution in [2.24, 2.45) is 17.3 Å². The fourth-order valence-electron chi connectivity index (χ4n) is 2.77. The summed E-state index contributed by atoms with van der Waals surface area (Å²) in [4.78, 5) is 0. The summed E-state index contributed by atoms with van der Waals surface area (Å²) in [7, 11) is 0. The zero-order chi connectivity index (χ0) is 10.9. The third-order valence-corrected chi connectivity index (χ3v) is 4.45. The van der Waals surface area contributed by atoms with E-state index in [9.17, 15) is 0 Å². The van der Waals surface area contributed by atoms with Crippen LogP contribution in [0.2, 0.25) is 0 Å². The smallest absolute Gasteiger partial charge is 0.00684 e. The summed E-state index contributed by atoms with van der Waals surface area (Å²) in [6.45, 7) is 8.53. The predicted molar refractivity (Wildman–Crippen MR) is 65.9 cm³/mol. The Morgan fingerprint density at radius 3 is 2.40 bits per heavy atom. The Labute approximate surface area is 95.0 Å². The Kier molecular flexibility index (Phi) is 3.39. The van der Waals surface area contributed by atoms with Crippen molar-refractivity contribution in [3.05, 3.63) is 0 Å². The summed E-state index contributed by atoms with van der Waals surface area (Å²) in [5.41, 5.74) is 0.595. The van der Waals surface area contributed by atoms with E-state index in [1.54, 1.807) is 0 Å². The average Bonchev–Trinajstić information content (AvgIpc) is 3.05. The van der Waals surface area contributed by atoms with Gasteiger partial charge in [0.05, 0.1) is 0 Å². The normalized spacial score (nSPS) is 27.4. The SMILES string of the molecule is CCC(C)CC(C)(CNC1CC1)C1CC1. The lowest BCUT2D eigenvalue weighted by Crippen LogP contribution is -2.36. The molecule has 88 valence electrons. The Morgan fingerprint density at radius 1 is 1.27 bits per heavy atom. The van der Waals surface area contributed by atoms with E-state index < -0.39 is 0 Å². The summed E-state index contributed by atoms with van der Waals surface area (Å²) in [5.74, 6) is 1.93. The highest BCUT2D eigenvalue weighted by Crippen LogP contribution is 2.49. The molecule has 2 fully saturated rings. The molecule has 2 aliphatic rings. The van der Waals surface area contributed by atoms with Crippen molar-refractivity contribution in [1.29, 1.82) is 0 Å². The molecule has 0 bridgehead atoms. The zero-order valence-corrected chi connectivity index (χ0v) is 10.7. The maximum absolute atomic E-state index is 3.75. The second-order valence-electron chi connectivity index (χ2n) is 6.30. The van der Waals surface area contributed by atoms with Gasteiger partial charge in [0.25, 0.3) is 0 Å². The van der Waals surface area contributed by atoms with Crippen molar-refractivity contribution in [3.8, 4) is 0 Å². The Hall–Kier alpha value is -0.0400. The van der Waals surface area contributed by atoms with E-state index in [0.717, 1.165) is 17.9 Å². The van der Waals surface area contributed by atoms with Crippen molar-refractivity contribution in [1.82, 2.24) is 5.32 Å². The summed E-state index contributed by atoms with van der Waals surface area (Å²) in [5, 5.41) is 3.75. The molecule has 0 radical (unpaired) electrons. The van der Waals surface area contributed by atoms with Crippen molar-refractivity contribution < 1.29 is 0 Å². The van der Waals surface area contributed by atoms with Crippen LogP contribution in [-0.4, -0.2) is 12.6 Å². The fraction of sp³-hybridized carbons (Fsp3) is 1.00. The molecule has 2 unspecified atom stereocenters. The molecule has 2 atom stereocenters. The Balaban J connectivity index is 1.83. The second kappa shape index (κ2) is 4.45. The van der Waals surface area contributed by atoms with E-state index in [1.807, 2.05) is 0 Å². The summed E-state index contributed by atoms with van der Waals surface area (Å²) in [6, 6.07) is 0.875. The quantitative estimate of drug-likeness (QED) is 0.675. The number of hydrogen-bond acceptors (Lipinski definition) is 1. The first-order chi connectivity index (χ1) is 7.14. The van der Waals surface area contributed by atoms with Gasteiger partial charge in [-0.3, -0.25) is 0 Å². The van der Waals surface area contributed by atoms with Crippen molar-refractivity contribution in [2.75, 3.05) is 6.54 Å². The van der Waals surface area contributed by atoms with Gasteiger partial charge in [0.2, 0.25) is 0 Å². The molecule has 1 heteroatoms. The highest BCUT2D eigenvalue weighted by Gasteiger charge is 2.42. The van der Waals surface area contributed by atoms with Gasteiger partial charge < -0.3 is 5.32 Å². The van der Waals surface area contributed by atoms with Crippen LogP contribution in [0.1, 0.15) is 59.3 Å². The van der Waals surface area contributed by atoms with Gasteiger partial charge in [0, 0.05) is 12.6 Å². The van der Waals surface area contributed by atoms with E-state index in [-0.39, 0.29) is 0 Å². The van der Waals surface area contributed by atoms with Crippen LogP contribution < -0.4 is 5.32 Å². The summed E-state index contributed by atoms with van der Waals surface area (Å²) < 4.78 is 0. The first-order valence-electron chi connectivity index (χ1n) is 6.87. The predicted octanol–water partition coefficient (Wildman–Crippen LogP) is 3.59. The monoisotopic (exact) mass is 209 g/mol. The van der Waals surface area contributed by atoms with Gasteiger partial charge in [-0.1, -0.05) is 27.2 Å². The van der Waals surface area contributed by atoms with Gasteiger partial charge in [0.1, 0.15) is 0 Å². The van der Waals surface area contributed by atoms with Crippen molar-refractivity contribution >= 4 is 0 Å². The third kappa shape index (κ3) is 3.21. The number of rotatable bonds is 7. The van der Waals surface area contributed by atoms with Crippen LogP contribution in [0.15, 0.2) is 0 Å². The molecule has 15 heavy (non-hydrogen) atoms. The highest BCUT2D eigenvalue weighted by atomic mass is 15.0. The van der Waals surface area contributed by atoms with Crippen molar-refractivity contribution in [3.63, 3.8) is 0 Å². The van der Waals surface area contributed by atoms with E-state index in [1.165, 1.54) is 45.1 Å². The maximum atomic E-state index is 3.75. The third-order valence-electron chi connectivity index (χ3n) is 4.45. The molecule has 0 spiro atoms. The first-order valence-corrected chi connectivity index (χ1v) is 6.87. The summed E-state index contributed by atoms with van der Waals surface area (Å²) >= 11 is 0.